The van der Waals surface area contributed by atoms with Gasteiger partial charge >= 0.3 is 7.12 Å². The van der Waals surface area contributed by atoms with Crippen LogP contribution in [-0.4, -0.2) is 31.1 Å². The first-order valence-electron chi connectivity index (χ1n) is 4.06. The zero-order valence-electron chi connectivity index (χ0n) is 7.56. The average molecular weight is 196 g/mol. The van der Waals surface area contributed by atoms with Gasteiger partial charge in [-0.25, -0.2) is 0 Å². The van der Waals surface area contributed by atoms with Crippen molar-refractivity contribution in [3.63, 3.8) is 0 Å². The number of methoxy groups -OCH3 is 1. The van der Waals surface area contributed by atoms with Crippen molar-refractivity contribution in [1.29, 1.82) is 0 Å². The number of ether oxygens (including phenoxy) is 3. The molecule has 0 saturated carbocycles. The molecule has 0 atom stereocenters. The van der Waals surface area contributed by atoms with Gasteiger partial charge in [0.25, 0.3) is 0 Å². The molecule has 0 unspecified atom stereocenters. The van der Waals surface area contributed by atoms with E-state index < -0.39 is 7.12 Å². The van der Waals surface area contributed by atoms with E-state index in [1.54, 1.807) is 6.07 Å². The summed E-state index contributed by atoms with van der Waals surface area (Å²) in [5.41, 5.74) is 0.276. The fraction of sp³-hybridized carbons (Fsp3) is 0.250. The van der Waals surface area contributed by atoms with E-state index in [1.165, 1.54) is 13.2 Å². The summed E-state index contributed by atoms with van der Waals surface area (Å²) in [5.74, 6) is 1.26. The quantitative estimate of drug-likeness (QED) is 0.600. The van der Waals surface area contributed by atoms with Crippen LogP contribution in [0.1, 0.15) is 0 Å². The molecule has 14 heavy (non-hydrogen) atoms. The van der Waals surface area contributed by atoms with Crippen molar-refractivity contribution in [3.05, 3.63) is 12.1 Å². The van der Waals surface area contributed by atoms with Gasteiger partial charge in [-0.1, -0.05) is 6.07 Å². The Bertz CT molecular complexity index is 352. The van der Waals surface area contributed by atoms with Crippen molar-refractivity contribution in [2.24, 2.45) is 0 Å². The van der Waals surface area contributed by atoms with Crippen LogP contribution in [0.25, 0.3) is 0 Å². The van der Waals surface area contributed by atoms with Gasteiger partial charge in [0.1, 0.15) is 0 Å². The highest BCUT2D eigenvalue weighted by Crippen LogP contribution is 2.39. The third kappa shape index (κ3) is 1.28. The minimum Gasteiger partial charge on any atom is -0.493 e. The third-order valence-electron chi connectivity index (χ3n) is 2.01. The summed E-state index contributed by atoms with van der Waals surface area (Å²) >= 11 is 0. The fourth-order valence-electron chi connectivity index (χ4n) is 1.36. The van der Waals surface area contributed by atoms with E-state index in [0.29, 0.717) is 17.2 Å². The number of hydrogen-bond acceptors (Lipinski definition) is 5. The smallest absolute Gasteiger partial charge is 0.492 e. The van der Waals surface area contributed by atoms with Crippen molar-refractivity contribution in [2.75, 3.05) is 13.9 Å². The van der Waals surface area contributed by atoms with Gasteiger partial charge in [0, 0.05) is 5.46 Å². The molecule has 1 heterocycles. The van der Waals surface area contributed by atoms with Gasteiger partial charge < -0.3 is 24.3 Å². The van der Waals surface area contributed by atoms with E-state index >= 15 is 0 Å². The van der Waals surface area contributed by atoms with E-state index in [2.05, 4.69) is 0 Å². The zero-order valence-corrected chi connectivity index (χ0v) is 7.56. The van der Waals surface area contributed by atoms with Gasteiger partial charge in [-0.2, -0.15) is 0 Å². The maximum Gasteiger partial charge on any atom is 0.492 e. The Morgan fingerprint density at radius 1 is 1.29 bits per heavy atom. The van der Waals surface area contributed by atoms with E-state index in [-0.39, 0.29) is 12.3 Å². The summed E-state index contributed by atoms with van der Waals surface area (Å²) in [6.45, 7) is 0.0649. The summed E-state index contributed by atoms with van der Waals surface area (Å²) in [5, 5.41) is 18.1. The molecule has 2 N–H and O–H groups in total. The number of hydrogen-bond donors (Lipinski definition) is 2. The van der Waals surface area contributed by atoms with Crippen LogP contribution in [0.4, 0.5) is 0 Å². The minimum atomic E-state index is -1.57. The minimum absolute atomic E-state index is 0.0649. The topological polar surface area (TPSA) is 68.2 Å². The normalized spacial score (nSPS) is 12.8. The summed E-state index contributed by atoms with van der Waals surface area (Å²) in [4.78, 5) is 0. The van der Waals surface area contributed by atoms with Gasteiger partial charge in [-0.05, 0) is 6.07 Å². The highest BCUT2D eigenvalue weighted by Gasteiger charge is 2.27. The largest absolute Gasteiger partial charge is 0.493 e. The molecule has 0 amide bonds. The van der Waals surface area contributed by atoms with Gasteiger partial charge in [-0.15, -0.1) is 0 Å². The molecule has 0 aromatic heterocycles. The third-order valence-corrected chi connectivity index (χ3v) is 2.01. The summed E-state index contributed by atoms with van der Waals surface area (Å²) in [6, 6.07) is 3.12. The molecular formula is C8H9BO5. The summed E-state index contributed by atoms with van der Waals surface area (Å²) in [6.07, 6.45) is 0. The Labute approximate surface area is 81.0 Å². The molecule has 1 aliphatic heterocycles. The molecule has 0 spiro atoms. The van der Waals surface area contributed by atoms with Gasteiger partial charge in [0.15, 0.2) is 11.5 Å². The van der Waals surface area contributed by atoms with Crippen molar-refractivity contribution >= 4 is 12.6 Å². The van der Waals surface area contributed by atoms with Gasteiger partial charge in [-0.3, -0.25) is 0 Å². The van der Waals surface area contributed by atoms with Crippen molar-refractivity contribution in [2.45, 2.75) is 0 Å². The lowest BCUT2D eigenvalue weighted by Crippen LogP contribution is -2.30. The van der Waals surface area contributed by atoms with Crippen LogP contribution in [0.5, 0.6) is 17.2 Å². The molecule has 2 rings (SSSR count). The first-order chi connectivity index (χ1) is 6.74. The van der Waals surface area contributed by atoms with E-state index in [1.807, 2.05) is 0 Å². The molecule has 1 aliphatic rings. The first-order valence-corrected chi connectivity index (χ1v) is 4.06. The predicted molar refractivity (Wildman–Crippen MR) is 48.9 cm³/mol. The maximum absolute atomic E-state index is 9.03. The van der Waals surface area contributed by atoms with Crippen molar-refractivity contribution < 1.29 is 24.3 Å². The molecule has 0 bridgehead atoms. The molecular weight excluding hydrogens is 187 g/mol. The van der Waals surface area contributed by atoms with Crippen LogP contribution in [0.3, 0.4) is 0 Å². The SMILES string of the molecule is COc1ccc(B(O)O)c2c1OCO2. The average Bonchev–Trinajstić information content (AvgIpc) is 2.64. The van der Waals surface area contributed by atoms with Crippen LogP contribution in [0, 0.1) is 0 Å². The number of rotatable bonds is 2. The second kappa shape index (κ2) is 3.40. The zero-order chi connectivity index (χ0) is 10.1. The fourth-order valence-corrected chi connectivity index (χ4v) is 1.36. The second-order valence-corrected chi connectivity index (χ2v) is 2.80. The molecule has 1 aromatic rings. The Morgan fingerprint density at radius 2 is 2.00 bits per heavy atom. The van der Waals surface area contributed by atoms with Crippen LogP contribution in [0.15, 0.2) is 12.1 Å². The van der Waals surface area contributed by atoms with Crippen LogP contribution in [0.2, 0.25) is 0 Å². The Kier molecular flexibility index (Phi) is 2.22. The van der Waals surface area contributed by atoms with Gasteiger partial charge in [0.2, 0.25) is 12.5 Å². The molecule has 0 aliphatic carbocycles. The van der Waals surface area contributed by atoms with Gasteiger partial charge in [0.05, 0.1) is 7.11 Å². The predicted octanol–water partition coefficient (Wildman–Crippen LogP) is -0.896. The molecule has 0 radical (unpaired) electrons. The number of benzene rings is 1. The Hall–Kier alpha value is -1.40. The Morgan fingerprint density at radius 3 is 2.64 bits per heavy atom. The van der Waals surface area contributed by atoms with E-state index in [9.17, 15) is 0 Å². The monoisotopic (exact) mass is 196 g/mol. The molecule has 74 valence electrons. The lowest BCUT2D eigenvalue weighted by molar-refractivity contribution is 0.171. The summed E-state index contributed by atoms with van der Waals surface area (Å²) < 4.78 is 15.3. The second-order valence-electron chi connectivity index (χ2n) is 2.80. The Balaban J connectivity index is 2.53. The molecule has 6 heteroatoms. The highest BCUT2D eigenvalue weighted by molar-refractivity contribution is 6.60. The number of fused-ring (bicyclic) bond motifs is 1. The standard InChI is InChI=1S/C8H9BO5/c1-12-6-3-2-5(9(10)11)7-8(6)14-4-13-7/h2-3,10-11H,4H2,1H3. The van der Waals surface area contributed by atoms with E-state index in [4.69, 9.17) is 24.3 Å². The first kappa shape index (κ1) is 9.17. The summed E-state index contributed by atoms with van der Waals surface area (Å²) in [7, 11) is -0.0665. The van der Waals surface area contributed by atoms with Crippen LogP contribution in [-0.2, 0) is 0 Å². The maximum atomic E-state index is 9.03. The van der Waals surface area contributed by atoms with Crippen LogP contribution < -0.4 is 19.7 Å². The lowest BCUT2D eigenvalue weighted by atomic mass is 9.79. The molecule has 1 aromatic carbocycles. The molecule has 5 nitrogen and oxygen atoms in total. The van der Waals surface area contributed by atoms with E-state index in [0.717, 1.165) is 0 Å². The van der Waals surface area contributed by atoms with Crippen LogP contribution >= 0.6 is 0 Å². The van der Waals surface area contributed by atoms with Crippen molar-refractivity contribution in [1.82, 2.24) is 0 Å². The highest BCUT2D eigenvalue weighted by atomic mass is 16.7. The molecule has 0 fully saturated rings. The van der Waals surface area contributed by atoms with Crippen molar-refractivity contribution in [3.8, 4) is 17.2 Å². The molecule has 0 saturated heterocycles. The lowest BCUT2D eigenvalue weighted by Gasteiger charge is -2.07.